The van der Waals surface area contributed by atoms with E-state index >= 15 is 0 Å². The molecule has 1 saturated heterocycles. The molecule has 0 unspecified atom stereocenters. The lowest BCUT2D eigenvalue weighted by molar-refractivity contribution is 0.0628. The monoisotopic (exact) mass is 356 g/mol. The summed E-state index contributed by atoms with van der Waals surface area (Å²) < 4.78 is 24.5. The zero-order chi connectivity index (χ0) is 17.9. The third-order valence-electron chi connectivity index (χ3n) is 4.74. The van der Waals surface area contributed by atoms with E-state index in [0.29, 0.717) is 31.9 Å². The van der Waals surface area contributed by atoms with Gasteiger partial charge >= 0.3 is 0 Å². The van der Waals surface area contributed by atoms with Crippen molar-refractivity contribution in [1.82, 2.24) is 9.80 Å². The highest BCUT2D eigenvalue weighted by atomic mass is 19.1. The predicted molar refractivity (Wildman–Crippen MR) is 95.0 cm³/mol. The number of halogens is 1. The minimum Gasteiger partial charge on any atom is -0.486 e. The Hall–Kier alpha value is -2.60. The SMILES string of the molecule is O=C(c1cccc(F)c1)N1CCN(Cc2ccc3c(c2)OCCO3)CC1. The van der Waals surface area contributed by atoms with Crippen LogP contribution in [0, 0.1) is 5.82 Å². The van der Waals surface area contributed by atoms with Gasteiger partial charge in [0.25, 0.3) is 5.91 Å². The standard InChI is InChI=1S/C20H21FN2O3/c21-17-3-1-2-16(13-17)20(24)23-8-6-22(7-9-23)14-15-4-5-18-19(12-15)26-11-10-25-18/h1-5,12-13H,6-11,14H2. The Morgan fingerprint density at radius 2 is 1.73 bits per heavy atom. The van der Waals surface area contributed by atoms with E-state index in [1.54, 1.807) is 17.0 Å². The molecule has 136 valence electrons. The Bertz CT molecular complexity index is 803. The van der Waals surface area contributed by atoms with Crippen LogP contribution in [0.4, 0.5) is 4.39 Å². The van der Waals surface area contributed by atoms with E-state index in [-0.39, 0.29) is 11.7 Å². The second kappa shape index (κ2) is 7.33. The van der Waals surface area contributed by atoms with Crippen LogP contribution in [0.15, 0.2) is 42.5 Å². The van der Waals surface area contributed by atoms with Gasteiger partial charge in [0, 0.05) is 38.3 Å². The Kier molecular flexibility index (Phi) is 4.75. The molecule has 2 aromatic carbocycles. The number of piperazine rings is 1. The van der Waals surface area contributed by atoms with Gasteiger partial charge in [0.2, 0.25) is 0 Å². The fraction of sp³-hybridized carbons (Fsp3) is 0.350. The first-order valence-electron chi connectivity index (χ1n) is 8.85. The van der Waals surface area contributed by atoms with Gasteiger partial charge in [0.1, 0.15) is 19.0 Å². The van der Waals surface area contributed by atoms with Crippen molar-refractivity contribution in [1.29, 1.82) is 0 Å². The summed E-state index contributed by atoms with van der Waals surface area (Å²) in [5.74, 6) is 1.11. The minimum absolute atomic E-state index is 0.108. The molecule has 1 fully saturated rings. The van der Waals surface area contributed by atoms with E-state index < -0.39 is 0 Å². The van der Waals surface area contributed by atoms with Crippen molar-refractivity contribution in [2.75, 3.05) is 39.4 Å². The van der Waals surface area contributed by atoms with Gasteiger partial charge in [-0.15, -0.1) is 0 Å². The number of carbonyl (C=O) groups excluding carboxylic acids is 1. The number of ether oxygens (including phenoxy) is 2. The molecular weight excluding hydrogens is 335 g/mol. The van der Waals surface area contributed by atoms with Crippen LogP contribution in [0.2, 0.25) is 0 Å². The van der Waals surface area contributed by atoms with Crippen LogP contribution in [-0.2, 0) is 6.54 Å². The van der Waals surface area contributed by atoms with Gasteiger partial charge in [-0.3, -0.25) is 9.69 Å². The fourth-order valence-corrected chi connectivity index (χ4v) is 3.36. The van der Waals surface area contributed by atoms with Gasteiger partial charge in [-0.1, -0.05) is 12.1 Å². The van der Waals surface area contributed by atoms with Gasteiger partial charge < -0.3 is 14.4 Å². The van der Waals surface area contributed by atoms with E-state index in [9.17, 15) is 9.18 Å². The second-order valence-corrected chi connectivity index (χ2v) is 6.56. The molecule has 2 aliphatic rings. The van der Waals surface area contributed by atoms with Crippen molar-refractivity contribution in [3.8, 4) is 11.5 Å². The second-order valence-electron chi connectivity index (χ2n) is 6.56. The van der Waals surface area contributed by atoms with Crippen molar-refractivity contribution < 1.29 is 18.7 Å². The Labute approximate surface area is 151 Å². The lowest BCUT2D eigenvalue weighted by Crippen LogP contribution is -2.48. The van der Waals surface area contributed by atoms with E-state index in [1.807, 2.05) is 12.1 Å². The average Bonchev–Trinajstić information content (AvgIpc) is 2.68. The molecule has 2 aromatic rings. The molecule has 0 aliphatic carbocycles. The normalized spacial score (nSPS) is 17.2. The van der Waals surface area contributed by atoms with Crippen LogP contribution >= 0.6 is 0 Å². The largest absolute Gasteiger partial charge is 0.486 e. The Morgan fingerprint density at radius 1 is 0.962 bits per heavy atom. The van der Waals surface area contributed by atoms with E-state index in [1.165, 1.54) is 17.7 Å². The maximum absolute atomic E-state index is 13.3. The van der Waals surface area contributed by atoms with Gasteiger partial charge in [-0.05, 0) is 35.9 Å². The molecule has 5 nitrogen and oxygen atoms in total. The first kappa shape index (κ1) is 16.8. The van der Waals surface area contributed by atoms with Crippen molar-refractivity contribution >= 4 is 5.91 Å². The highest BCUT2D eigenvalue weighted by molar-refractivity contribution is 5.94. The third-order valence-corrected chi connectivity index (χ3v) is 4.74. The molecule has 0 radical (unpaired) electrons. The number of hydrogen-bond donors (Lipinski definition) is 0. The number of fused-ring (bicyclic) bond motifs is 1. The zero-order valence-electron chi connectivity index (χ0n) is 14.5. The highest BCUT2D eigenvalue weighted by Gasteiger charge is 2.23. The van der Waals surface area contributed by atoms with E-state index in [0.717, 1.165) is 31.1 Å². The number of nitrogens with zero attached hydrogens (tertiary/aromatic N) is 2. The lowest BCUT2D eigenvalue weighted by Gasteiger charge is -2.35. The molecule has 0 saturated carbocycles. The molecule has 0 atom stereocenters. The molecule has 2 aliphatic heterocycles. The van der Waals surface area contributed by atoms with Crippen LogP contribution in [0.5, 0.6) is 11.5 Å². The predicted octanol–water partition coefficient (Wildman–Crippen LogP) is 2.55. The molecule has 0 spiro atoms. The van der Waals surface area contributed by atoms with Crippen molar-refractivity contribution in [3.63, 3.8) is 0 Å². The molecule has 4 rings (SSSR count). The van der Waals surface area contributed by atoms with Crippen molar-refractivity contribution in [2.24, 2.45) is 0 Å². The maximum atomic E-state index is 13.3. The molecule has 26 heavy (non-hydrogen) atoms. The van der Waals surface area contributed by atoms with Crippen LogP contribution in [0.25, 0.3) is 0 Å². The highest BCUT2D eigenvalue weighted by Crippen LogP contribution is 2.31. The topological polar surface area (TPSA) is 42.0 Å². The van der Waals surface area contributed by atoms with Gasteiger partial charge in [0.05, 0.1) is 0 Å². The van der Waals surface area contributed by atoms with Crippen molar-refractivity contribution in [2.45, 2.75) is 6.54 Å². The van der Waals surface area contributed by atoms with E-state index in [2.05, 4.69) is 11.0 Å². The first-order chi connectivity index (χ1) is 12.7. The molecule has 2 heterocycles. The molecule has 1 amide bonds. The zero-order valence-corrected chi connectivity index (χ0v) is 14.5. The van der Waals surface area contributed by atoms with Crippen LogP contribution in [0.1, 0.15) is 15.9 Å². The van der Waals surface area contributed by atoms with Crippen LogP contribution in [0.3, 0.4) is 0 Å². The van der Waals surface area contributed by atoms with Gasteiger partial charge in [-0.25, -0.2) is 4.39 Å². The minimum atomic E-state index is -0.381. The fourth-order valence-electron chi connectivity index (χ4n) is 3.36. The van der Waals surface area contributed by atoms with Gasteiger partial charge in [-0.2, -0.15) is 0 Å². The number of hydrogen-bond acceptors (Lipinski definition) is 4. The lowest BCUT2D eigenvalue weighted by atomic mass is 10.1. The van der Waals surface area contributed by atoms with E-state index in [4.69, 9.17) is 9.47 Å². The Morgan fingerprint density at radius 3 is 2.50 bits per heavy atom. The average molecular weight is 356 g/mol. The maximum Gasteiger partial charge on any atom is 0.254 e. The number of carbonyl (C=O) groups is 1. The summed E-state index contributed by atoms with van der Waals surface area (Å²) in [6, 6.07) is 11.9. The molecule has 0 bridgehead atoms. The molecular formula is C20H21FN2O3. The quantitative estimate of drug-likeness (QED) is 0.848. The summed E-state index contributed by atoms with van der Waals surface area (Å²) in [7, 11) is 0. The molecule has 0 N–H and O–H groups in total. The van der Waals surface area contributed by atoms with Crippen LogP contribution in [-0.4, -0.2) is 55.1 Å². The Balaban J connectivity index is 1.34. The van der Waals surface area contributed by atoms with Crippen molar-refractivity contribution in [3.05, 3.63) is 59.4 Å². The summed E-state index contributed by atoms with van der Waals surface area (Å²) >= 11 is 0. The summed E-state index contributed by atoms with van der Waals surface area (Å²) in [6.07, 6.45) is 0. The summed E-state index contributed by atoms with van der Waals surface area (Å²) in [6.45, 7) is 4.83. The number of amides is 1. The molecule has 6 heteroatoms. The number of rotatable bonds is 3. The first-order valence-corrected chi connectivity index (χ1v) is 8.85. The number of benzene rings is 2. The summed E-state index contributed by atoms with van der Waals surface area (Å²) in [4.78, 5) is 16.6. The summed E-state index contributed by atoms with van der Waals surface area (Å²) in [5, 5.41) is 0. The molecule has 0 aromatic heterocycles. The van der Waals surface area contributed by atoms with Gasteiger partial charge in [0.15, 0.2) is 11.5 Å². The summed E-state index contributed by atoms with van der Waals surface area (Å²) in [5.41, 5.74) is 1.57. The smallest absolute Gasteiger partial charge is 0.254 e. The third kappa shape index (κ3) is 3.65. The van der Waals surface area contributed by atoms with Crippen LogP contribution < -0.4 is 9.47 Å².